The Morgan fingerprint density at radius 3 is 2.65 bits per heavy atom. The SMILES string of the molecule is COc1ccc(C(=O)OCc2cc(=O)n3nc(CC(C)C)sc3n2)cc1. The second kappa shape index (κ2) is 7.65. The summed E-state index contributed by atoms with van der Waals surface area (Å²) in [5.41, 5.74) is 0.522. The molecule has 136 valence electrons. The fraction of sp³-hybridized carbons (Fsp3) is 0.333. The maximum Gasteiger partial charge on any atom is 0.338 e. The molecule has 0 aliphatic rings. The van der Waals surface area contributed by atoms with Crippen molar-refractivity contribution in [3.8, 4) is 5.75 Å². The summed E-state index contributed by atoms with van der Waals surface area (Å²) in [5.74, 6) is 0.611. The molecule has 0 amide bonds. The molecule has 0 spiro atoms. The van der Waals surface area contributed by atoms with Crippen molar-refractivity contribution < 1.29 is 14.3 Å². The normalized spacial score (nSPS) is 11.1. The van der Waals surface area contributed by atoms with Crippen molar-refractivity contribution >= 4 is 22.3 Å². The Bertz CT molecular complexity index is 976. The summed E-state index contributed by atoms with van der Waals surface area (Å²) in [4.78, 5) is 29.2. The first-order valence-electron chi connectivity index (χ1n) is 8.16. The Morgan fingerprint density at radius 1 is 1.27 bits per heavy atom. The van der Waals surface area contributed by atoms with Crippen molar-refractivity contribution in [3.63, 3.8) is 0 Å². The molecule has 0 aliphatic carbocycles. The van der Waals surface area contributed by atoms with E-state index in [0.29, 0.717) is 27.9 Å². The number of ether oxygens (including phenoxy) is 2. The Morgan fingerprint density at radius 2 is 2.00 bits per heavy atom. The predicted octanol–water partition coefficient (Wildman–Crippen LogP) is 2.72. The minimum atomic E-state index is -0.487. The van der Waals surface area contributed by atoms with E-state index in [1.54, 1.807) is 31.4 Å². The maximum atomic E-state index is 12.2. The molecule has 0 saturated carbocycles. The standard InChI is InChI=1S/C18H19N3O4S/c1-11(2)8-15-20-21-16(22)9-13(19-18(21)26-15)10-25-17(23)12-4-6-14(24-3)7-5-12/h4-7,9,11H,8,10H2,1-3H3. The summed E-state index contributed by atoms with van der Waals surface area (Å²) in [5, 5.41) is 5.15. The molecule has 0 unspecified atom stereocenters. The van der Waals surface area contributed by atoms with Gasteiger partial charge in [-0.05, 0) is 30.2 Å². The average Bonchev–Trinajstić information content (AvgIpc) is 3.02. The first kappa shape index (κ1) is 18.1. The van der Waals surface area contributed by atoms with Gasteiger partial charge in [0.05, 0.1) is 18.4 Å². The van der Waals surface area contributed by atoms with Crippen molar-refractivity contribution in [1.82, 2.24) is 14.6 Å². The van der Waals surface area contributed by atoms with Crippen LogP contribution in [0.2, 0.25) is 0 Å². The summed E-state index contributed by atoms with van der Waals surface area (Å²) in [6.07, 6.45) is 0.787. The van der Waals surface area contributed by atoms with Gasteiger partial charge in [0.15, 0.2) is 0 Å². The van der Waals surface area contributed by atoms with E-state index in [9.17, 15) is 9.59 Å². The van der Waals surface area contributed by atoms with Gasteiger partial charge >= 0.3 is 5.97 Å². The number of fused-ring (bicyclic) bond motifs is 1. The quantitative estimate of drug-likeness (QED) is 0.618. The Kier molecular flexibility index (Phi) is 5.32. The zero-order valence-electron chi connectivity index (χ0n) is 14.8. The van der Waals surface area contributed by atoms with Crippen LogP contribution in [0, 0.1) is 5.92 Å². The number of benzene rings is 1. The van der Waals surface area contributed by atoms with E-state index in [0.717, 1.165) is 11.4 Å². The average molecular weight is 373 g/mol. The summed E-state index contributed by atoms with van der Waals surface area (Å²) in [6.45, 7) is 4.10. The van der Waals surface area contributed by atoms with Gasteiger partial charge in [-0.25, -0.2) is 9.78 Å². The van der Waals surface area contributed by atoms with Crippen LogP contribution < -0.4 is 10.3 Å². The molecule has 0 saturated heterocycles. The second-order valence-electron chi connectivity index (χ2n) is 6.18. The zero-order valence-corrected chi connectivity index (χ0v) is 15.6. The lowest BCUT2D eigenvalue weighted by molar-refractivity contribution is 0.0467. The fourth-order valence-corrected chi connectivity index (χ4v) is 3.48. The first-order chi connectivity index (χ1) is 12.5. The number of esters is 1. The molecule has 0 bridgehead atoms. The number of rotatable bonds is 6. The van der Waals surface area contributed by atoms with E-state index < -0.39 is 5.97 Å². The van der Waals surface area contributed by atoms with Crippen LogP contribution in [0.1, 0.15) is 34.9 Å². The van der Waals surface area contributed by atoms with Gasteiger partial charge < -0.3 is 9.47 Å². The minimum Gasteiger partial charge on any atom is -0.497 e. The number of nitrogens with zero attached hydrogens (tertiary/aromatic N) is 3. The highest BCUT2D eigenvalue weighted by Crippen LogP contribution is 2.16. The van der Waals surface area contributed by atoms with Crippen LogP contribution in [0.3, 0.4) is 0 Å². The van der Waals surface area contributed by atoms with Crippen LogP contribution in [0.4, 0.5) is 0 Å². The molecule has 0 atom stereocenters. The van der Waals surface area contributed by atoms with E-state index in [4.69, 9.17) is 9.47 Å². The van der Waals surface area contributed by atoms with Crippen LogP contribution in [-0.2, 0) is 17.8 Å². The van der Waals surface area contributed by atoms with Gasteiger partial charge in [-0.15, -0.1) is 0 Å². The molecule has 7 nitrogen and oxygen atoms in total. The van der Waals surface area contributed by atoms with Crippen molar-refractivity contribution in [1.29, 1.82) is 0 Å². The number of carbonyl (C=O) groups is 1. The Hall–Kier alpha value is -2.74. The molecular weight excluding hydrogens is 354 g/mol. The molecule has 0 N–H and O–H groups in total. The van der Waals surface area contributed by atoms with Gasteiger partial charge in [0, 0.05) is 12.5 Å². The van der Waals surface area contributed by atoms with E-state index in [1.165, 1.54) is 21.9 Å². The summed E-state index contributed by atoms with van der Waals surface area (Å²) < 4.78 is 11.6. The lowest BCUT2D eigenvalue weighted by atomic mass is 10.1. The van der Waals surface area contributed by atoms with E-state index in [1.807, 2.05) is 0 Å². The van der Waals surface area contributed by atoms with Crippen molar-refractivity contribution in [2.24, 2.45) is 5.92 Å². The third-order valence-corrected chi connectivity index (χ3v) is 4.53. The van der Waals surface area contributed by atoms with Crippen LogP contribution >= 0.6 is 11.3 Å². The molecule has 0 radical (unpaired) electrons. The van der Waals surface area contributed by atoms with Crippen molar-refractivity contribution in [2.45, 2.75) is 26.9 Å². The van der Waals surface area contributed by atoms with Crippen LogP contribution in [0.5, 0.6) is 5.75 Å². The Labute approximate surface area is 154 Å². The van der Waals surface area contributed by atoms with E-state index in [-0.39, 0.29) is 12.2 Å². The monoisotopic (exact) mass is 373 g/mol. The lowest BCUT2D eigenvalue weighted by Gasteiger charge is -2.05. The topological polar surface area (TPSA) is 82.8 Å². The molecule has 2 aromatic heterocycles. The third kappa shape index (κ3) is 4.08. The highest BCUT2D eigenvalue weighted by atomic mass is 32.1. The molecule has 0 aliphatic heterocycles. The second-order valence-corrected chi connectivity index (χ2v) is 7.22. The van der Waals surface area contributed by atoms with Gasteiger partial charge in [0.1, 0.15) is 17.4 Å². The summed E-state index contributed by atoms with van der Waals surface area (Å²) >= 11 is 1.38. The smallest absolute Gasteiger partial charge is 0.338 e. The lowest BCUT2D eigenvalue weighted by Crippen LogP contribution is -2.16. The molecule has 0 fully saturated rings. The number of carbonyl (C=O) groups excluding carboxylic acids is 1. The minimum absolute atomic E-state index is 0.0754. The molecule has 1 aromatic carbocycles. The highest BCUT2D eigenvalue weighted by molar-refractivity contribution is 7.16. The number of aromatic nitrogens is 3. The van der Waals surface area contributed by atoms with Gasteiger partial charge in [-0.2, -0.15) is 9.61 Å². The van der Waals surface area contributed by atoms with Gasteiger partial charge in [-0.3, -0.25) is 4.79 Å². The van der Waals surface area contributed by atoms with E-state index >= 15 is 0 Å². The molecule has 8 heteroatoms. The summed E-state index contributed by atoms with van der Waals surface area (Å²) in [6, 6.07) is 7.94. The number of methoxy groups -OCH3 is 1. The van der Waals surface area contributed by atoms with E-state index in [2.05, 4.69) is 23.9 Å². The van der Waals surface area contributed by atoms with Gasteiger partial charge in [-0.1, -0.05) is 25.2 Å². The maximum absolute atomic E-state index is 12.2. The van der Waals surface area contributed by atoms with Crippen LogP contribution in [-0.4, -0.2) is 27.7 Å². The van der Waals surface area contributed by atoms with Crippen molar-refractivity contribution in [2.75, 3.05) is 7.11 Å². The molecule has 3 rings (SSSR count). The van der Waals surface area contributed by atoms with Gasteiger partial charge in [0.2, 0.25) is 4.96 Å². The molecule has 2 heterocycles. The zero-order chi connectivity index (χ0) is 18.7. The molecule has 26 heavy (non-hydrogen) atoms. The first-order valence-corrected chi connectivity index (χ1v) is 8.97. The predicted molar refractivity (Wildman–Crippen MR) is 97.8 cm³/mol. The Balaban J connectivity index is 1.73. The number of hydrogen-bond acceptors (Lipinski definition) is 7. The van der Waals surface area contributed by atoms with Crippen LogP contribution in [0.25, 0.3) is 4.96 Å². The summed E-state index contributed by atoms with van der Waals surface area (Å²) in [7, 11) is 1.56. The fourth-order valence-electron chi connectivity index (χ4n) is 2.35. The molecule has 3 aromatic rings. The largest absolute Gasteiger partial charge is 0.497 e. The molecular formula is C18H19N3O4S. The highest BCUT2D eigenvalue weighted by Gasteiger charge is 2.12. The van der Waals surface area contributed by atoms with Gasteiger partial charge in [0.25, 0.3) is 5.56 Å². The third-order valence-electron chi connectivity index (χ3n) is 3.60. The number of hydrogen-bond donors (Lipinski definition) is 0. The van der Waals surface area contributed by atoms with Crippen molar-refractivity contribution in [3.05, 3.63) is 57.0 Å². The van der Waals surface area contributed by atoms with Crippen LogP contribution in [0.15, 0.2) is 35.1 Å².